The summed E-state index contributed by atoms with van der Waals surface area (Å²) in [6.07, 6.45) is 23.1. The molecule has 0 aromatic carbocycles. The van der Waals surface area contributed by atoms with Gasteiger partial charge in [-0.25, -0.2) is 4.57 Å². The molecular formula is C32H68N2O6P+. The van der Waals surface area contributed by atoms with Crippen LogP contribution >= 0.6 is 7.82 Å². The molecule has 1 amide bonds. The molecule has 0 aliphatic heterocycles. The maximum absolute atomic E-state index is 12.6. The van der Waals surface area contributed by atoms with Crippen molar-refractivity contribution in [2.24, 2.45) is 0 Å². The average Bonchev–Trinajstić information content (AvgIpc) is 2.90. The zero-order valence-electron chi connectivity index (χ0n) is 27.5. The van der Waals surface area contributed by atoms with E-state index >= 15 is 0 Å². The Bertz CT molecular complexity index is 659. The summed E-state index contributed by atoms with van der Waals surface area (Å²) in [7, 11) is 1.61. The fourth-order valence-corrected chi connectivity index (χ4v) is 5.54. The standard InChI is InChI=1S/C32H67N2O6P/c1-6-8-10-12-13-14-15-16-17-18-19-20-21-22-24-26-32(36)33-30(31(35)25-23-11-9-7-2)29-40-41(37,38)39-28-27-34(3,4)5/h30-31,35H,6-29H2,1-5H3,(H-,33,36,37,38)/p+1. The molecule has 0 aliphatic carbocycles. The number of hydrogen-bond acceptors (Lipinski definition) is 5. The predicted octanol–water partition coefficient (Wildman–Crippen LogP) is 7.90. The van der Waals surface area contributed by atoms with Crippen molar-refractivity contribution < 1.29 is 32.9 Å². The summed E-state index contributed by atoms with van der Waals surface area (Å²) in [6, 6.07) is -0.747. The Kier molecular flexibility index (Phi) is 25.6. The zero-order chi connectivity index (χ0) is 30.8. The second kappa shape index (κ2) is 25.9. The summed E-state index contributed by atoms with van der Waals surface area (Å²) in [5.41, 5.74) is 0. The quantitative estimate of drug-likeness (QED) is 0.0435. The van der Waals surface area contributed by atoms with Crippen molar-refractivity contribution in [1.29, 1.82) is 0 Å². The largest absolute Gasteiger partial charge is 0.472 e. The van der Waals surface area contributed by atoms with Gasteiger partial charge in [-0.05, 0) is 12.8 Å². The van der Waals surface area contributed by atoms with Gasteiger partial charge in [-0.15, -0.1) is 0 Å². The van der Waals surface area contributed by atoms with E-state index in [9.17, 15) is 19.4 Å². The number of aliphatic hydroxyl groups excluding tert-OH is 1. The van der Waals surface area contributed by atoms with E-state index in [1.54, 1.807) is 0 Å². The molecular weight excluding hydrogens is 539 g/mol. The fraction of sp³-hybridized carbons (Fsp3) is 0.969. The van der Waals surface area contributed by atoms with Crippen LogP contribution in [0.4, 0.5) is 0 Å². The van der Waals surface area contributed by atoms with E-state index in [-0.39, 0.29) is 19.1 Å². The first kappa shape index (κ1) is 40.5. The highest BCUT2D eigenvalue weighted by Gasteiger charge is 2.28. The lowest BCUT2D eigenvalue weighted by atomic mass is 10.0. The number of unbranched alkanes of at least 4 members (excludes halogenated alkanes) is 17. The molecule has 0 spiro atoms. The van der Waals surface area contributed by atoms with Crippen LogP contribution in [0.1, 0.15) is 149 Å². The first-order valence-corrected chi connectivity index (χ1v) is 18.4. The molecule has 0 radical (unpaired) electrons. The van der Waals surface area contributed by atoms with Gasteiger partial charge in [0.05, 0.1) is 39.9 Å². The number of carbonyl (C=O) groups excluding carboxylic acids is 1. The Morgan fingerprint density at radius 2 is 1.17 bits per heavy atom. The average molecular weight is 608 g/mol. The highest BCUT2D eigenvalue weighted by Crippen LogP contribution is 2.43. The van der Waals surface area contributed by atoms with Crippen molar-refractivity contribution >= 4 is 13.7 Å². The van der Waals surface area contributed by atoms with E-state index in [1.807, 2.05) is 21.1 Å². The van der Waals surface area contributed by atoms with Crippen molar-refractivity contribution in [2.75, 3.05) is 40.9 Å². The van der Waals surface area contributed by atoms with Gasteiger partial charge in [-0.2, -0.15) is 0 Å². The Morgan fingerprint density at radius 1 is 0.732 bits per heavy atom. The third-order valence-corrected chi connectivity index (χ3v) is 8.59. The maximum Gasteiger partial charge on any atom is 0.472 e. The first-order chi connectivity index (χ1) is 19.5. The molecule has 41 heavy (non-hydrogen) atoms. The van der Waals surface area contributed by atoms with E-state index in [2.05, 4.69) is 19.2 Å². The van der Waals surface area contributed by atoms with Crippen LogP contribution in [0.2, 0.25) is 0 Å². The van der Waals surface area contributed by atoms with Crippen LogP contribution in [0.15, 0.2) is 0 Å². The minimum Gasteiger partial charge on any atom is -0.391 e. The minimum atomic E-state index is -4.28. The van der Waals surface area contributed by atoms with Crippen molar-refractivity contribution in [1.82, 2.24) is 5.32 Å². The van der Waals surface area contributed by atoms with E-state index in [0.29, 0.717) is 23.9 Å². The van der Waals surface area contributed by atoms with E-state index in [0.717, 1.165) is 44.9 Å². The topological polar surface area (TPSA) is 105 Å². The van der Waals surface area contributed by atoms with E-state index in [1.165, 1.54) is 77.0 Å². The molecule has 3 atom stereocenters. The Morgan fingerprint density at radius 3 is 1.63 bits per heavy atom. The van der Waals surface area contributed by atoms with Crippen molar-refractivity contribution in [3.63, 3.8) is 0 Å². The fourth-order valence-electron chi connectivity index (χ4n) is 4.81. The zero-order valence-corrected chi connectivity index (χ0v) is 28.4. The number of aliphatic hydroxyl groups is 1. The summed E-state index contributed by atoms with van der Waals surface area (Å²) < 4.78 is 23.2. The highest BCUT2D eigenvalue weighted by atomic mass is 31.2. The molecule has 246 valence electrons. The van der Waals surface area contributed by atoms with Gasteiger partial charge < -0.3 is 19.8 Å². The van der Waals surface area contributed by atoms with Crippen LogP contribution in [0.5, 0.6) is 0 Å². The summed E-state index contributed by atoms with van der Waals surface area (Å²) in [6.45, 7) is 4.75. The Labute approximate surface area is 253 Å². The second-order valence-electron chi connectivity index (χ2n) is 12.9. The smallest absolute Gasteiger partial charge is 0.391 e. The SMILES string of the molecule is CCCCCCCCCCCCCCCCCC(=O)NC(COP(=O)(O)OCC[N+](C)(C)C)C(O)CCCCCC. The first-order valence-electron chi connectivity index (χ1n) is 16.9. The number of nitrogens with one attached hydrogen (secondary N) is 1. The number of quaternary nitrogens is 1. The molecule has 3 N–H and O–H groups in total. The van der Waals surface area contributed by atoms with Crippen molar-refractivity contribution in [3.8, 4) is 0 Å². The third kappa shape index (κ3) is 28.1. The molecule has 8 nitrogen and oxygen atoms in total. The highest BCUT2D eigenvalue weighted by molar-refractivity contribution is 7.47. The summed E-state index contributed by atoms with van der Waals surface area (Å²) >= 11 is 0. The molecule has 0 saturated carbocycles. The molecule has 0 aliphatic rings. The maximum atomic E-state index is 12.6. The predicted molar refractivity (Wildman–Crippen MR) is 171 cm³/mol. The number of carbonyl (C=O) groups is 1. The number of nitrogens with zero attached hydrogens (tertiary/aromatic N) is 1. The van der Waals surface area contributed by atoms with Crippen LogP contribution in [-0.2, 0) is 18.4 Å². The number of hydrogen-bond donors (Lipinski definition) is 3. The Hall–Kier alpha value is -0.500. The van der Waals surface area contributed by atoms with Crippen molar-refractivity contribution in [2.45, 2.75) is 161 Å². The minimum absolute atomic E-state index is 0.0765. The molecule has 0 heterocycles. The molecule has 0 rings (SSSR count). The molecule has 0 fully saturated rings. The summed E-state index contributed by atoms with van der Waals surface area (Å²) in [5.74, 6) is -0.153. The lowest BCUT2D eigenvalue weighted by molar-refractivity contribution is -0.870. The van der Waals surface area contributed by atoms with Gasteiger partial charge in [-0.3, -0.25) is 13.8 Å². The Balaban J connectivity index is 4.24. The molecule has 0 bridgehead atoms. The number of phosphoric ester groups is 1. The van der Waals surface area contributed by atoms with Crippen LogP contribution < -0.4 is 5.32 Å². The number of likely N-dealkylation sites (N-methyl/N-ethyl adjacent to an activating group) is 1. The number of rotatable bonds is 30. The lowest BCUT2D eigenvalue weighted by Crippen LogP contribution is -2.46. The molecule has 3 unspecified atom stereocenters. The van der Waals surface area contributed by atoms with E-state index in [4.69, 9.17) is 9.05 Å². The number of amides is 1. The monoisotopic (exact) mass is 607 g/mol. The molecule has 9 heteroatoms. The van der Waals surface area contributed by atoms with Gasteiger partial charge in [0.25, 0.3) is 0 Å². The molecule has 0 saturated heterocycles. The lowest BCUT2D eigenvalue weighted by Gasteiger charge is -2.26. The summed E-state index contributed by atoms with van der Waals surface area (Å²) in [5, 5.41) is 13.6. The normalized spacial score (nSPS) is 15.0. The van der Waals surface area contributed by atoms with Crippen molar-refractivity contribution in [3.05, 3.63) is 0 Å². The van der Waals surface area contributed by atoms with Gasteiger partial charge in [0.15, 0.2) is 0 Å². The van der Waals surface area contributed by atoms with Crippen LogP contribution in [-0.4, -0.2) is 73.4 Å². The van der Waals surface area contributed by atoms with Gasteiger partial charge in [0.2, 0.25) is 5.91 Å². The van der Waals surface area contributed by atoms with Crippen LogP contribution in [0.3, 0.4) is 0 Å². The van der Waals surface area contributed by atoms with Crippen LogP contribution in [0, 0.1) is 0 Å². The van der Waals surface area contributed by atoms with Crippen LogP contribution in [0.25, 0.3) is 0 Å². The van der Waals surface area contributed by atoms with E-state index < -0.39 is 20.0 Å². The summed E-state index contributed by atoms with van der Waals surface area (Å²) in [4.78, 5) is 22.7. The molecule has 0 aromatic heterocycles. The van der Waals surface area contributed by atoms with Gasteiger partial charge in [0, 0.05) is 6.42 Å². The van der Waals surface area contributed by atoms with Gasteiger partial charge in [-0.1, -0.05) is 129 Å². The van der Waals surface area contributed by atoms with Gasteiger partial charge in [0.1, 0.15) is 13.2 Å². The second-order valence-corrected chi connectivity index (χ2v) is 14.4. The third-order valence-electron chi connectivity index (χ3n) is 7.61. The number of phosphoric acid groups is 1. The molecule has 0 aromatic rings. The van der Waals surface area contributed by atoms with Gasteiger partial charge >= 0.3 is 7.82 Å².